The average Bonchev–Trinajstić information content (AvgIpc) is 4.02. The quantitative estimate of drug-likeness (QED) is 0.113. The van der Waals surface area contributed by atoms with E-state index < -0.39 is 11.9 Å². The van der Waals surface area contributed by atoms with Crippen LogP contribution in [0.2, 0.25) is 0 Å². The van der Waals surface area contributed by atoms with Crippen molar-refractivity contribution in [3.8, 4) is 34.0 Å². The van der Waals surface area contributed by atoms with Gasteiger partial charge in [0.1, 0.15) is 29.6 Å². The maximum absolute atomic E-state index is 13.6. The summed E-state index contributed by atoms with van der Waals surface area (Å²) in [4.78, 5) is 73.4. The number of anilines is 1. The third kappa shape index (κ3) is 10.0. The number of amides is 5. The van der Waals surface area contributed by atoms with Gasteiger partial charge < -0.3 is 34.1 Å². The Kier molecular flexibility index (Phi) is 12.8. The standard InChI is InChI=1S/C50H56N10O7/c1-30-24-33(6-7-35(30)27-51-45(62)46-56-48(57-67-46)50(2,3)4)43-38-26-39(54-44(38)53-29-52-43)32-8-11-36(12-9-32)66-37-16-19-58(20-17-37)28-31-14-21-59(22-15-31)47(63)34-10-13-41(65-5)40(25-34)60-23-18-42(61)55-49(60)64/h6-13,24-26,29,31,37H,14-23,27-28H2,1-5H3,(H,51,62)(H,52,53,54)(H,55,61,64). The molecule has 3 saturated heterocycles. The van der Waals surface area contributed by atoms with Gasteiger partial charge in [-0.3, -0.25) is 24.6 Å². The van der Waals surface area contributed by atoms with Gasteiger partial charge in [0, 0.05) is 79.9 Å². The van der Waals surface area contributed by atoms with E-state index in [1.807, 2.05) is 56.9 Å². The van der Waals surface area contributed by atoms with E-state index in [9.17, 15) is 19.2 Å². The number of rotatable bonds is 12. The summed E-state index contributed by atoms with van der Waals surface area (Å²) < 4.78 is 17.2. The molecule has 6 heterocycles. The first-order chi connectivity index (χ1) is 32.3. The molecule has 0 saturated carbocycles. The minimum atomic E-state index is -0.518. The van der Waals surface area contributed by atoms with Gasteiger partial charge in [-0.25, -0.2) is 14.8 Å². The molecule has 9 rings (SSSR count). The van der Waals surface area contributed by atoms with Crippen molar-refractivity contribution >= 4 is 40.5 Å². The Labute approximate surface area is 388 Å². The van der Waals surface area contributed by atoms with Gasteiger partial charge in [-0.1, -0.05) is 38.1 Å². The van der Waals surface area contributed by atoms with Crippen LogP contribution >= 0.6 is 0 Å². The van der Waals surface area contributed by atoms with Crippen molar-refractivity contribution in [2.45, 2.75) is 77.9 Å². The fourth-order valence-corrected chi connectivity index (χ4v) is 9.05. The number of carbonyl (C=O) groups excluding carboxylic acids is 4. The molecule has 0 radical (unpaired) electrons. The molecule has 3 N–H and O–H groups in total. The Balaban J connectivity index is 0.743. The van der Waals surface area contributed by atoms with E-state index in [0.717, 1.165) is 95.7 Å². The molecule has 6 aromatic rings. The maximum atomic E-state index is 13.6. The SMILES string of the molecule is COc1ccc(C(=O)N2CCC(CN3CCC(Oc4ccc(-c5cc6c(-c7ccc(CNC(=O)c8nc(C(C)(C)C)no8)c(C)c7)ncnc6[nH]5)cc4)CC3)CC2)cc1N1CCC(=O)NC1=O. The highest BCUT2D eigenvalue weighted by atomic mass is 16.5. The molecule has 348 valence electrons. The van der Waals surface area contributed by atoms with E-state index in [4.69, 9.17) is 14.0 Å². The number of hydrogen-bond donors (Lipinski definition) is 3. The second-order valence-electron chi connectivity index (χ2n) is 18.7. The average molecular weight is 909 g/mol. The van der Waals surface area contributed by atoms with Gasteiger partial charge in [0.15, 0.2) is 5.82 Å². The Morgan fingerprint density at radius 1 is 0.896 bits per heavy atom. The maximum Gasteiger partial charge on any atom is 0.328 e. The molecule has 0 bridgehead atoms. The Morgan fingerprint density at radius 2 is 1.66 bits per heavy atom. The highest BCUT2D eigenvalue weighted by Gasteiger charge is 2.31. The third-order valence-corrected chi connectivity index (χ3v) is 13.0. The largest absolute Gasteiger partial charge is 0.495 e. The molecule has 0 unspecified atom stereocenters. The lowest BCUT2D eigenvalue weighted by atomic mass is 9.94. The van der Waals surface area contributed by atoms with E-state index in [2.05, 4.69) is 64.9 Å². The number of ether oxygens (including phenoxy) is 2. The summed E-state index contributed by atoms with van der Waals surface area (Å²) in [5.74, 6) is 1.44. The lowest BCUT2D eigenvalue weighted by molar-refractivity contribution is -0.120. The number of methoxy groups -OCH3 is 1. The molecule has 3 aliphatic rings. The second kappa shape index (κ2) is 19.0. The topological polar surface area (TPSA) is 201 Å². The predicted molar refractivity (Wildman–Crippen MR) is 251 cm³/mol. The molecule has 17 heteroatoms. The molecule has 67 heavy (non-hydrogen) atoms. The van der Waals surface area contributed by atoms with Gasteiger partial charge in [-0.2, -0.15) is 4.98 Å². The van der Waals surface area contributed by atoms with Crippen LogP contribution in [-0.2, 0) is 16.8 Å². The number of aromatic amines is 1. The van der Waals surface area contributed by atoms with Crippen molar-refractivity contribution in [2.24, 2.45) is 5.92 Å². The Morgan fingerprint density at radius 3 is 2.36 bits per heavy atom. The summed E-state index contributed by atoms with van der Waals surface area (Å²) in [5, 5.41) is 10.1. The number of urea groups is 1. The van der Waals surface area contributed by atoms with Crippen molar-refractivity contribution in [2.75, 3.05) is 51.3 Å². The summed E-state index contributed by atoms with van der Waals surface area (Å²) in [6.45, 7) is 12.7. The summed E-state index contributed by atoms with van der Waals surface area (Å²) in [5.41, 5.74) is 7.04. The first kappa shape index (κ1) is 45.0. The summed E-state index contributed by atoms with van der Waals surface area (Å²) in [6.07, 6.45) is 5.63. The zero-order valence-electron chi connectivity index (χ0n) is 38.6. The predicted octanol–water partition coefficient (Wildman–Crippen LogP) is 7.06. The van der Waals surface area contributed by atoms with Crippen LogP contribution in [0.25, 0.3) is 33.5 Å². The molecule has 0 spiro atoms. The van der Waals surface area contributed by atoms with Gasteiger partial charge in [-0.05, 0) is 110 Å². The number of aromatic nitrogens is 5. The first-order valence-corrected chi connectivity index (χ1v) is 22.9. The molecule has 0 aliphatic carbocycles. The van der Waals surface area contributed by atoms with E-state index in [1.165, 1.54) is 12.0 Å². The molecule has 3 aromatic carbocycles. The zero-order chi connectivity index (χ0) is 46.8. The number of likely N-dealkylation sites (tertiary alicyclic amines) is 2. The third-order valence-electron chi connectivity index (χ3n) is 13.0. The highest BCUT2D eigenvalue weighted by Crippen LogP contribution is 2.34. The van der Waals surface area contributed by atoms with E-state index in [1.54, 1.807) is 24.5 Å². The number of carbonyl (C=O) groups is 4. The van der Waals surface area contributed by atoms with Crippen molar-refractivity contribution in [1.82, 2.24) is 45.5 Å². The van der Waals surface area contributed by atoms with Crippen LogP contribution in [0, 0.1) is 12.8 Å². The zero-order valence-corrected chi connectivity index (χ0v) is 38.6. The van der Waals surface area contributed by atoms with Crippen molar-refractivity contribution < 1.29 is 33.2 Å². The molecule has 3 fully saturated rings. The van der Waals surface area contributed by atoms with Gasteiger partial charge in [0.2, 0.25) is 5.91 Å². The lowest BCUT2D eigenvalue weighted by Gasteiger charge is -2.37. The Hall–Kier alpha value is -7.14. The molecule has 0 atom stereocenters. The van der Waals surface area contributed by atoms with Gasteiger partial charge >= 0.3 is 17.8 Å². The molecule has 5 amide bonds. The second-order valence-corrected chi connectivity index (χ2v) is 18.7. The van der Waals surface area contributed by atoms with Gasteiger partial charge in [-0.15, -0.1) is 0 Å². The molecular weight excluding hydrogens is 853 g/mol. The Bertz CT molecular complexity index is 2800. The normalized spacial score (nSPS) is 16.6. The minimum absolute atomic E-state index is 0.0546. The fraction of sp³-hybridized carbons (Fsp3) is 0.400. The van der Waals surface area contributed by atoms with Crippen LogP contribution in [0.1, 0.15) is 90.9 Å². The van der Waals surface area contributed by atoms with Crippen LogP contribution in [-0.4, -0.2) is 111 Å². The smallest absolute Gasteiger partial charge is 0.328 e. The monoisotopic (exact) mass is 908 g/mol. The number of piperidine rings is 2. The van der Waals surface area contributed by atoms with E-state index >= 15 is 0 Å². The van der Waals surface area contributed by atoms with Crippen molar-refractivity contribution in [3.05, 3.63) is 101 Å². The van der Waals surface area contributed by atoms with Crippen LogP contribution in [0.3, 0.4) is 0 Å². The van der Waals surface area contributed by atoms with Gasteiger partial charge in [0.25, 0.3) is 5.91 Å². The molecule has 17 nitrogen and oxygen atoms in total. The van der Waals surface area contributed by atoms with E-state index in [-0.39, 0.29) is 42.2 Å². The number of aryl methyl sites for hydroxylation is 1. The van der Waals surface area contributed by atoms with Crippen LogP contribution < -0.4 is 25.0 Å². The lowest BCUT2D eigenvalue weighted by Crippen LogP contribution is -2.49. The number of imide groups is 1. The number of H-pyrrole nitrogens is 1. The van der Waals surface area contributed by atoms with Crippen LogP contribution in [0.15, 0.2) is 77.6 Å². The fourth-order valence-electron chi connectivity index (χ4n) is 9.05. The number of hydrogen-bond acceptors (Lipinski definition) is 12. The van der Waals surface area contributed by atoms with Crippen LogP contribution in [0.4, 0.5) is 10.5 Å². The molecule has 3 aliphatic heterocycles. The summed E-state index contributed by atoms with van der Waals surface area (Å²) in [6, 6.07) is 20.9. The first-order valence-electron chi connectivity index (χ1n) is 22.9. The highest BCUT2D eigenvalue weighted by molar-refractivity contribution is 6.07. The van der Waals surface area contributed by atoms with Crippen molar-refractivity contribution in [3.63, 3.8) is 0 Å². The molecule has 3 aromatic heterocycles. The van der Waals surface area contributed by atoms with Crippen LogP contribution in [0.5, 0.6) is 11.5 Å². The summed E-state index contributed by atoms with van der Waals surface area (Å²) in [7, 11) is 1.52. The van der Waals surface area contributed by atoms with E-state index in [0.29, 0.717) is 48.4 Å². The number of benzene rings is 3. The summed E-state index contributed by atoms with van der Waals surface area (Å²) >= 11 is 0. The minimum Gasteiger partial charge on any atom is -0.495 e. The number of fused-ring (bicyclic) bond motifs is 1. The number of nitrogens with one attached hydrogen (secondary N) is 3. The number of nitrogens with zero attached hydrogens (tertiary/aromatic N) is 7. The van der Waals surface area contributed by atoms with Gasteiger partial charge in [0.05, 0.1) is 18.5 Å². The van der Waals surface area contributed by atoms with Crippen molar-refractivity contribution in [1.29, 1.82) is 0 Å². The molecular formula is C50H56N10O7.